The minimum absolute atomic E-state index is 0.448. The molecule has 2 heterocycles. The van der Waals surface area contributed by atoms with Crippen molar-refractivity contribution in [1.29, 1.82) is 0 Å². The van der Waals surface area contributed by atoms with Gasteiger partial charge in [-0.1, -0.05) is 23.4 Å². The van der Waals surface area contributed by atoms with Gasteiger partial charge in [-0.2, -0.15) is 0 Å². The van der Waals surface area contributed by atoms with Crippen LogP contribution in [0.1, 0.15) is 11.1 Å². The Morgan fingerprint density at radius 2 is 2.22 bits per heavy atom. The van der Waals surface area contributed by atoms with E-state index in [2.05, 4.69) is 20.3 Å². The molecule has 0 aromatic carbocycles. The van der Waals surface area contributed by atoms with Crippen LogP contribution in [0.3, 0.4) is 0 Å². The van der Waals surface area contributed by atoms with E-state index in [4.69, 9.17) is 11.6 Å². The average Bonchev–Trinajstić information content (AvgIpc) is 2.37. The Morgan fingerprint density at radius 3 is 2.94 bits per heavy atom. The number of nitrogens with zero attached hydrogens (tertiary/aromatic N) is 3. The van der Waals surface area contributed by atoms with Crippen LogP contribution >= 0.6 is 23.4 Å². The van der Waals surface area contributed by atoms with Crippen LogP contribution in [-0.4, -0.2) is 21.2 Å². The maximum Gasteiger partial charge on any atom is 0.190 e. The Morgan fingerprint density at radius 1 is 1.39 bits per heavy atom. The van der Waals surface area contributed by atoms with Crippen LogP contribution in [0.25, 0.3) is 0 Å². The van der Waals surface area contributed by atoms with Gasteiger partial charge < -0.3 is 5.32 Å². The van der Waals surface area contributed by atoms with Crippen LogP contribution < -0.4 is 5.32 Å². The van der Waals surface area contributed by atoms with Crippen LogP contribution in [0.5, 0.6) is 0 Å². The van der Waals surface area contributed by atoms with E-state index < -0.39 is 0 Å². The molecule has 2 aromatic rings. The maximum atomic E-state index is 5.93. The van der Waals surface area contributed by atoms with E-state index in [1.165, 1.54) is 17.3 Å². The standard InChI is InChI=1S/C12H13ClN4S/c1-8-6-14-4-3-9(8)7-15-11-5-10(13)16-12(17-11)18-2/h3-6H,7H2,1-2H3,(H,15,16,17). The maximum absolute atomic E-state index is 5.93. The van der Waals surface area contributed by atoms with Gasteiger partial charge in [0.2, 0.25) is 0 Å². The van der Waals surface area contributed by atoms with Crippen LogP contribution in [0.4, 0.5) is 5.82 Å². The van der Waals surface area contributed by atoms with Crippen molar-refractivity contribution in [1.82, 2.24) is 15.0 Å². The van der Waals surface area contributed by atoms with Gasteiger partial charge in [0.1, 0.15) is 11.0 Å². The fraction of sp³-hybridized carbons (Fsp3) is 0.250. The first-order chi connectivity index (χ1) is 8.69. The molecular weight excluding hydrogens is 268 g/mol. The largest absolute Gasteiger partial charge is 0.366 e. The second kappa shape index (κ2) is 6.02. The Kier molecular flexibility index (Phi) is 4.38. The van der Waals surface area contributed by atoms with Gasteiger partial charge >= 0.3 is 0 Å². The zero-order valence-electron chi connectivity index (χ0n) is 10.1. The number of nitrogens with one attached hydrogen (secondary N) is 1. The van der Waals surface area contributed by atoms with Crippen molar-refractivity contribution in [2.24, 2.45) is 0 Å². The van der Waals surface area contributed by atoms with E-state index in [9.17, 15) is 0 Å². The zero-order valence-corrected chi connectivity index (χ0v) is 11.7. The second-order valence-electron chi connectivity index (χ2n) is 3.72. The smallest absolute Gasteiger partial charge is 0.190 e. The number of aromatic nitrogens is 3. The van der Waals surface area contributed by atoms with Crippen molar-refractivity contribution in [3.8, 4) is 0 Å². The molecule has 0 fully saturated rings. The van der Waals surface area contributed by atoms with E-state index in [1.54, 1.807) is 12.3 Å². The average molecular weight is 281 g/mol. The van der Waals surface area contributed by atoms with E-state index in [0.717, 1.165) is 11.4 Å². The highest BCUT2D eigenvalue weighted by Gasteiger charge is 2.03. The van der Waals surface area contributed by atoms with Crippen molar-refractivity contribution in [2.45, 2.75) is 18.6 Å². The molecule has 0 spiro atoms. The fourth-order valence-corrected chi connectivity index (χ4v) is 2.08. The van der Waals surface area contributed by atoms with E-state index in [-0.39, 0.29) is 0 Å². The van der Waals surface area contributed by atoms with Crippen LogP contribution in [-0.2, 0) is 6.54 Å². The molecule has 0 unspecified atom stereocenters. The number of anilines is 1. The number of hydrogen-bond donors (Lipinski definition) is 1. The molecule has 94 valence electrons. The highest BCUT2D eigenvalue weighted by atomic mass is 35.5. The summed E-state index contributed by atoms with van der Waals surface area (Å²) in [6.07, 6.45) is 5.55. The Hall–Kier alpha value is -1.33. The molecule has 0 atom stereocenters. The lowest BCUT2D eigenvalue weighted by Crippen LogP contribution is -2.04. The summed E-state index contributed by atoms with van der Waals surface area (Å²) in [6, 6.07) is 3.71. The molecule has 1 N–H and O–H groups in total. The summed E-state index contributed by atoms with van der Waals surface area (Å²) in [4.78, 5) is 12.5. The lowest BCUT2D eigenvalue weighted by atomic mass is 10.1. The molecule has 0 amide bonds. The predicted octanol–water partition coefficient (Wildman–Crippen LogP) is 3.17. The quantitative estimate of drug-likeness (QED) is 0.530. The lowest BCUT2D eigenvalue weighted by molar-refractivity contribution is 0.953. The van der Waals surface area contributed by atoms with Crippen LogP contribution in [0.15, 0.2) is 29.7 Å². The highest BCUT2D eigenvalue weighted by molar-refractivity contribution is 7.98. The van der Waals surface area contributed by atoms with E-state index in [1.807, 2.05) is 25.4 Å². The molecule has 0 saturated heterocycles. The number of thioether (sulfide) groups is 1. The Bertz CT molecular complexity index is 547. The molecule has 0 aliphatic carbocycles. The first-order valence-electron chi connectivity index (χ1n) is 5.41. The second-order valence-corrected chi connectivity index (χ2v) is 4.88. The van der Waals surface area contributed by atoms with Gasteiger partial charge in [0.15, 0.2) is 5.16 Å². The number of aryl methyl sites for hydroxylation is 1. The van der Waals surface area contributed by atoms with Crippen molar-refractivity contribution in [3.05, 3.63) is 40.8 Å². The number of rotatable bonds is 4. The van der Waals surface area contributed by atoms with Crippen molar-refractivity contribution in [2.75, 3.05) is 11.6 Å². The van der Waals surface area contributed by atoms with E-state index in [0.29, 0.717) is 16.9 Å². The van der Waals surface area contributed by atoms with Crippen molar-refractivity contribution < 1.29 is 0 Å². The first-order valence-corrected chi connectivity index (χ1v) is 7.01. The lowest BCUT2D eigenvalue weighted by Gasteiger charge is -2.08. The van der Waals surface area contributed by atoms with Crippen molar-refractivity contribution >= 4 is 29.2 Å². The summed E-state index contributed by atoms with van der Waals surface area (Å²) in [5, 5.41) is 4.35. The molecule has 0 bridgehead atoms. The summed E-state index contributed by atoms with van der Waals surface area (Å²) in [6.45, 7) is 2.72. The summed E-state index contributed by atoms with van der Waals surface area (Å²) in [5.41, 5.74) is 2.33. The van der Waals surface area contributed by atoms with Crippen LogP contribution in [0.2, 0.25) is 5.15 Å². The molecule has 4 nitrogen and oxygen atoms in total. The Balaban J connectivity index is 2.11. The molecule has 0 aliphatic heterocycles. The third-order valence-electron chi connectivity index (χ3n) is 2.45. The molecule has 2 aromatic heterocycles. The molecular formula is C12H13ClN4S. The SMILES string of the molecule is CSc1nc(Cl)cc(NCc2ccncc2C)n1. The topological polar surface area (TPSA) is 50.7 Å². The third kappa shape index (κ3) is 3.34. The molecule has 2 rings (SSSR count). The minimum atomic E-state index is 0.448. The van der Waals surface area contributed by atoms with E-state index >= 15 is 0 Å². The number of halogens is 1. The number of hydrogen-bond acceptors (Lipinski definition) is 5. The summed E-state index contributed by atoms with van der Waals surface area (Å²) < 4.78 is 0. The molecule has 18 heavy (non-hydrogen) atoms. The van der Waals surface area contributed by atoms with Gasteiger partial charge in [-0.3, -0.25) is 4.98 Å². The third-order valence-corrected chi connectivity index (χ3v) is 3.19. The first kappa shape index (κ1) is 13.1. The minimum Gasteiger partial charge on any atom is -0.366 e. The molecule has 0 saturated carbocycles. The molecule has 0 aliphatic rings. The van der Waals surface area contributed by atoms with Crippen molar-refractivity contribution in [3.63, 3.8) is 0 Å². The Labute approximate surface area is 115 Å². The fourth-order valence-electron chi connectivity index (χ4n) is 1.46. The summed E-state index contributed by atoms with van der Waals surface area (Å²) in [7, 11) is 0. The molecule has 6 heteroatoms. The van der Waals surface area contributed by atoms with Gasteiger partial charge in [0, 0.05) is 25.0 Å². The van der Waals surface area contributed by atoms with Crippen LogP contribution in [0, 0.1) is 6.92 Å². The normalized spacial score (nSPS) is 10.4. The van der Waals surface area contributed by atoms with Gasteiger partial charge in [-0.15, -0.1) is 0 Å². The highest BCUT2D eigenvalue weighted by Crippen LogP contribution is 2.18. The van der Waals surface area contributed by atoms with Gasteiger partial charge in [0.25, 0.3) is 0 Å². The summed E-state index contributed by atoms with van der Waals surface area (Å²) >= 11 is 7.39. The van der Waals surface area contributed by atoms with Gasteiger partial charge in [-0.25, -0.2) is 9.97 Å². The molecule has 0 radical (unpaired) electrons. The number of pyridine rings is 1. The zero-order chi connectivity index (χ0) is 13.0. The summed E-state index contributed by atoms with van der Waals surface area (Å²) in [5.74, 6) is 0.732. The van der Waals surface area contributed by atoms with Gasteiger partial charge in [0.05, 0.1) is 0 Å². The predicted molar refractivity (Wildman–Crippen MR) is 75.1 cm³/mol. The van der Waals surface area contributed by atoms with Gasteiger partial charge in [-0.05, 0) is 30.4 Å². The monoisotopic (exact) mass is 280 g/mol.